The summed E-state index contributed by atoms with van der Waals surface area (Å²) in [5, 5.41) is 9.38. The summed E-state index contributed by atoms with van der Waals surface area (Å²) in [6.45, 7) is 2.79. The molecular weight excluding hydrogens is 405 g/mol. The number of aryl methyl sites for hydroxylation is 2. The Morgan fingerprint density at radius 2 is 1.90 bits per heavy atom. The van der Waals surface area contributed by atoms with Crippen LogP contribution in [0.3, 0.4) is 0 Å². The van der Waals surface area contributed by atoms with Gasteiger partial charge in [-0.1, -0.05) is 61.9 Å². The minimum Gasteiger partial charge on any atom is -0.364 e. The van der Waals surface area contributed by atoms with Gasteiger partial charge in [0.1, 0.15) is 16.9 Å². The molecule has 0 spiro atoms. The van der Waals surface area contributed by atoms with Crippen LogP contribution in [0.1, 0.15) is 68.4 Å². The summed E-state index contributed by atoms with van der Waals surface area (Å²) in [5.74, 6) is 2.24. The first-order chi connectivity index (χ1) is 14.1. The summed E-state index contributed by atoms with van der Waals surface area (Å²) in [4.78, 5) is 9.98. The number of nitrogens with zero attached hydrogens (tertiary/aromatic N) is 4. The second-order valence-electron chi connectivity index (χ2n) is 7.88. The summed E-state index contributed by atoms with van der Waals surface area (Å²) in [6.07, 6.45) is 8.13. The lowest BCUT2D eigenvalue weighted by Crippen LogP contribution is -2.12. The van der Waals surface area contributed by atoms with Gasteiger partial charge in [0.15, 0.2) is 5.82 Å². The first-order valence-electron chi connectivity index (χ1n) is 10.5. The van der Waals surface area contributed by atoms with Gasteiger partial charge in [0, 0.05) is 19.5 Å². The number of fused-ring (bicyclic) bond motifs is 1. The van der Waals surface area contributed by atoms with Gasteiger partial charge in [0.2, 0.25) is 0 Å². The number of anilines is 1. The lowest BCUT2D eigenvalue weighted by Gasteiger charge is -2.21. The van der Waals surface area contributed by atoms with Gasteiger partial charge in [-0.05, 0) is 37.0 Å². The highest BCUT2D eigenvalue weighted by Gasteiger charge is 2.23. The van der Waals surface area contributed by atoms with Gasteiger partial charge in [0.05, 0.1) is 15.7 Å². The van der Waals surface area contributed by atoms with Crippen LogP contribution in [0, 0.1) is 0 Å². The molecule has 1 aliphatic rings. The molecule has 0 aliphatic heterocycles. The van der Waals surface area contributed by atoms with Gasteiger partial charge in [-0.15, -0.1) is 0 Å². The molecule has 0 bridgehead atoms. The predicted octanol–water partition coefficient (Wildman–Crippen LogP) is 6.28. The molecule has 0 unspecified atom stereocenters. The van der Waals surface area contributed by atoms with E-state index in [-0.39, 0.29) is 0 Å². The molecule has 0 saturated heterocycles. The summed E-state index contributed by atoms with van der Waals surface area (Å²) < 4.78 is 1.90. The van der Waals surface area contributed by atoms with Crippen LogP contribution in [0.25, 0.3) is 11.0 Å². The van der Waals surface area contributed by atoms with Crippen LogP contribution in [0.15, 0.2) is 18.2 Å². The molecule has 4 rings (SSSR count). The summed E-state index contributed by atoms with van der Waals surface area (Å²) >= 11 is 12.2. The fraction of sp³-hybridized carbons (Fsp3) is 0.500. The fourth-order valence-electron chi connectivity index (χ4n) is 4.17. The Balaban J connectivity index is 1.72. The minimum absolute atomic E-state index is 0.438. The van der Waals surface area contributed by atoms with E-state index in [9.17, 15) is 0 Å². The molecule has 1 aliphatic carbocycles. The first-order valence-corrected chi connectivity index (χ1v) is 11.2. The van der Waals surface area contributed by atoms with Crippen molar-refractivity contribution in [2.24, 2.45) is 7.05 Å². The molecule has 2 heterocycles. The second kappa shape index (κ2) is 8.88. The van der Waals surface area contributed by atoms with E-state index < -0.39 is 0 Å². The number of rotatable bonds is 6. The van der Waals surface area contributed by atoms with E-state index in [1.165, 1.54) is 32.1 Å². The van der Waals surface area contributed by atoms with Crippen LogP contribution >= 0.6 is 23.2 Å². The van der Waals surface area contributed by atoms with E-state index in [0.29, 0.717) is 22.5 Å². The van der Waals surface area contributed by atoms with E-state index in [4.69, 9.17) is 38.3 Å². The maximum atomic E-state index is 6.18. The molecule has 0 amide bonds. The van der Waals surface area contributed by atoms with E-state index in [2.05, 4.69) is 12.2 Å². The molecule has 0 atom stereocenters. The largest absolute Gasteiger partial charge is 0.364 e. The van der Waals surface area contributed by atoms with Crippen molar-refractivity contribution in [2.45, 2.75) is 64.3 Å². The normalized spacial score (nSPS) is 15.2. The number of benzene rings is 1. The SMILES string of the molecule is CCCc1nn(C)c2c(NCc3ccc(Cl)c(Cl)c3)nc(C3CCCCC3)nc12. The van der Waals surface area contributed by atoms with Crippen molar-refractivity contribution < 1.29 is 0 Å². The standard InChI is InChI=1S/C22H27Cl2N5/c1-3-7-18-19-20(29(2)28-18)22(25-13-14-10-11-16(23)17(24)12-14)27-21(26-19)15-8-5-4-6-9-15/h10-12,15H,3-9,13H2,1-2H3,(H,25,26,27). The monoisotopic (exact) mass is 431 g/mol. The van der Waals surface area contributed by atoms with Crippen LogP contribution in [-0.2, 0) is 20.0 Å². The molecule has 0 radical (unpaired) electrons. The van der Waals surface area contributed by atoms with Gasteiger partial charge in [0.25, 0.3) is 0 Å². The Kier molecular flexibility index (Phi) is 6.26. The molecule has 5 nitrogen and oxygen atoms in total. The van der Waals surface area contributed by atoms with Gasteiger partial charge in [-0.2, -0.15) is 5.10 Å². The third kappa shape index (κ3) is 4.36. The highest BCUT2D eigenvalue weighted by molar-refractivity contribution is 6.42. The lowest BCUT2D eigenvalue weighted by molar-refractivity contribution is 0.430. The average molecular weight is 432 g/mol. The van der Waals surface area contributed by atoms with Gasteiger partial charge < -0.3 is 5.32 Å². The number of halogens is 2. The summed E-state index contributed by atoms with van der Waals surface area (Å²) in [6, 6.07) is 5.70. The number of hydrogen-bond donors (Lipinski definition) is 1. The molecule has 1 fully saturated rings. The van der Waals surface area contributed by atoms with E-state index in [1.807, 2.05) is 29.9 Å². The van der Waals surface area contributed by atoms with Crippen molar-refractivity contribution in [1.82, 2.24) is 19.7 Å². The Hall–Kier alpha value is -1.85. The smallest absolute Gasteiger partial charge is 0.156 e. The van der Waals surface area contributed by atoms with Crippen LogP contribution in [0.2, 0.25) is 10.0 Å². The fourth-order valence-corrected chi connectivity index (χ4v) is 4.49. The van der Waals surface area contributed by atoms with Crippen molar-refractivity contribution in [3.8, 4) is 0 Å². The molecule has 2 aromatic heterocycles. The molecular formula is C22H27Cl2N5. The zero-order valence-electron chi connectivity index (χ0n) is 17.0. The number of hydrogen-bond acceptors (Lipinski definition) is 4. The zero-order valence-corrected chi connectivity index (χ0v) is 18.5. The first kappa shape index (κ1) is 20.4. The van der Waals surface area contributed by atoms with Crippen molar-refractivity contribution in [3.05, 3.63) is 45.3 Å². The van der Waals surface area contributed by atoms with Crippen LogP contribution in [0.4, 0.5) is 5.82 Å². The highest BCUT2D eigenvalue weighted by Crippen LogP contribution is 2.34. The Morgan fingerprint density at radius 3 is 2.62 bits per heavy atom. The lowest BCUT2D eigenvalue weighted by atomic mass is 9.88. The average Bonchev–Trinajstić information content (AvgIpc) is 3.05. The van der Waals surface area contributed by atoms with Gasteiger partial charge in [-0.25, -0.2) is 9.97 Å². The summed E-state index contributed by atoms with van der Waals surface area (Å²) in [7, 11) is 1.97. The number of aromatic nitrogens is 4. The molecule has 3 aromatic rings. The Morgan fingerprint density at radius 1 is 1.10 bits per heavy atom. The van der Waals surface area contributed by atoms with Crippen LogP contribution in [-0.4, -0.2) is 19.7 Å². The molecule has 1 saturated carbocycles. The third-order valence-electron chi connectivity index (χ3n) is 5.67. The van der Waals surface area contributed by atoms with Crippen molar-refractivity contribution in [3.63, 3.8) is 0 Å². The molecule has 1 aromatic carbocycles. The Labute approximate surface area is 181 Å². The second-order valence-corrected chi connectivity index (χ2v) is 8.70. The third-order valence-corrected chi connectivity index (χ3v) is 6.41. The van der Waals surface area contributed by atoms with Crippen LogP contribution in [0.5, 0.6) is 0 Å². The van der Waals surface area contributed by atoms with Crippen molar-refractivity contribution in [1.29, 1.82) is 0 Å². The van der Waals surface area contributed by atoms with Crippen molar-refractivity contribution >= 4 is 40.1 Å². The predicted molar refractivity (Wildman–Crippen MR) is 120 cm³/mol. The topological polar surface area (TPSA) is 55.6 Å². The van der Waals surface area contributed by atoms with E-state index in [0.717, 1.165) is 46.8 Å². The molecule has 7 heteroatoms. The summed E-state index contributed by atoms with van der Waals surface area (Å²) in [5.41, 5.74) is 4.07. The zero-order chi connectivity index (χ0) is 20.4. The van der Waals surface area contributed by atoms with Crippen LogP contribution < -0.4 is 5.32 Å². The quantitative estimate of drug-likeness (QED) is 0.498. The minimum atomic E-state index is 0.438. The van der Waals surface area contributed by atoms with E-state index >= 15 is 0 Å². The Bertz CT molecular complexity index is 1010. The number of nitrogens with one attached hydrogen (secondary N) is 1. The molecule has 29 heavy (non-hydrogen) atoms. The van der Waals surface area contributed by atoms with Gasteiger partial charge >= 0.3 is 0 Å². The molecule has 1 N–H and O–H groups in total. The van der Waals surface area contributed by atoms with E-state index in [1.54, 1.807) is 0 Å². The maximum Gasteiger partial charge on any atom is 0.156 e. The van der Waals surface area contributed by atoms with Crippen molar-refractivity contribution in [2.75, 3.05) is 5.32 Å². The highest BCUT2D eigenvalue weighted by atomic mass is 35.5. The maximum absolute atomic E-state index is 6.18. The molecule has 154 valence electrons. The van der Waals surface area contributed by atoms with Gasteiger partial charge in [-0.3, -0.25) is 4.68 Å².